The summed E-state index contributed by atoms with van der Waals surface area (Å²) in [5.74, 6) is -0.953. The van der Waals surface area contributed by atoms with Gasteiger partial charge in [0.2, 0.25) is 0 Å². The highest BCUT2D eigenvalue weighted by Crippen LogP contribution is 2.29. The fourth-order valence-corrected chi connectivity index (χ4v) is 2.72. The largest absolute Gasteiger partial charge is 0.433 e. The lowest BCUT2D eigenvalue weighted by atomic mass is 10.3. The number of rotatable bonds is 4. The zero-order valence-corrected chi connectivity index (χ0v) is 14.6. The van der Waals surface area contributed by atoms with Gasteiger partial charge in [-0.3, -0.25) is 4.79 Å². The summed E-state index contributed by atoms with van der Waals surface area (Å²) < 4.78 is 50.9. The van der Waals surface area contributed by atoms with Crippen LogP contribution in [0.4, 0.5) is 34.9 Å². The number of amides is 1. The Morgan fingerprint density at radius 3 is 2.32 bits per heavy atom. The number of aromatic nitrogens is 3. The molecule has 1 amide bonds. The summed E-state index contributed by atoms with van der Waals surface area (Å²) in [5.41, 5.74) is -0.676. The van der Waals surface area contributed by atoms with Crippen molar-refractivity contribution in [1.29, 1.82) is 0 Å². The lowest BCUT2D eigenvalue weighted by Crippen LogP contribution is -2.49. The van der Waals surface area contributed by atoms with Gasteiger partial charge in [0, 0.05) is 38.6 Å². The summed E-state index contributed by atoms with van der Waals surface area (Å²) in [6, 6.07) is 2.12. The second kappa shape index (κ2) is 7.79. The number of piperazine rings is 1. The van der Waals surface area contributed by atoms with Gasteiger partial charge in [-0.15, -0.1) is 0 Å². The Bertz CT molecular complexity index is 863. The minimum Gasteiger partial charge on any atom is -0.350 e. The highest BCUT2D eigenvalue weighted by Gasteiger charge is 2.32. The number of halogens is 4. The molecule has 1 aliphatic rings. The number of alkyl halides is 3. The molecule has 0 spiro atoms. The van der Waals surface area contributed by atoms with E-state index in [-0.39, 0.29) is 13.1 Å². The van der Waals surface area contributed by atoms with Crippen molar-refractivity contribution in [1.82, 2.24) is 19.9 Å². The van der Waals surface area contributed by atoms with Gasteiger partial charge < -0.3 is 15.1 Å². The predicted octanol–water partition coefficient (Wildman–Crippen LogP) is 2.77. The molecule has 0 radical (unpaired) electrons. The zero-order chi connectivity index (χ0) is 20.3. The monoisotopic (exact) mass is 396 g/mol. The molecular formula is C17H16F4N6O. The molecule has 0 unspecified atom stereocenters. The number of hydrogen-bond donors (Lipinski definition) is 1. The standard InChI is InChI=1S/C17H16F4N6O/c1-11(18)16(28)27-8-6-26(7-9-27)15-14(22-4-5-23-15)25-12-2-3-13(24-10-12)17(19,20)21/h2-5,10H,1,6-9H2,(H,22,25). The van der Waals surface area contributed by atoms with Crippen molar-refractivity contribution in [3.63, 3.8) is 0 Å². The van der Waals surface area contributed by atoms with E-state index in [2.05, 4.69) is 26.8 Å². The summed E-state index contributed by atoms with van der Waals surface area (Å²) in [4.78, 5) is 26.7. The maximum absolute atomic E-state index is 13.0. The van der Waals surface area contributed by atoms with Gasteiger partial charge in [-0.1, -0.05) is 6.58 Å². The molecule has 7 nitrogen and oxygen atoms in total. The second-order valence-corrected chi connectivity index (χ2v) is 5.97. The van der Waals surface area contributed by atoms with Crippen LogP contribution in [0.1, 0.15) is 5.69 Å². The summed E-state index contributed by atoms with van der Waals surface area (Å²) in [7, 11) is 0. The summed E-state index contributed by atoms with van der Waals surface area (Å²) in [6.45, 7) is 4.34. The van der Waals surface area contributed by atoms with Crippen molar-refractivity contribution in [2.45, 2.75) is 6.18 Å². The van der Waals surface area contributed by atoms with Crippen molar-refractivity contribution in [2.75, 3.05) is 36.4 Å². The van der Waals surface area contributed by atoms with Crippen LogP contribution in [-0.2, 0) is 11.0 Å². The topological polar surface area (TPSA) is 74.2 Å². The van der Waals surface area contributed by atoms with E-state index in [0.29, 0.717) is 30.4 Å². The van der Waals surface area contributed by atoms with E-state index in [1.54, 1.807) is 0 Å². The molecule has 28 heavy (non-hydrogen) atoms. The first kappa shape index (κ1) is 19.5. The van der Waals surface area contributed by atoms with E-state index in [1.165, 1.54) is 23.4 Å². The highest BCUT2D eigenvalue weighted by molar-refractivity contribution is 5.90. The second-order valence-electron chi connectivity index (χ2n) is 5.97. The van der Waals surface area contributed by atoms with Gasteiger partial charge in [0.25, 0.3) is 5.91 Å². The minimum atomic E-state index is -4.52. The first-order chi connectivity index (χ1) is 13.3. The first-order valence-electron chi connectivity index (χ1n) is 8.25. The minimum absolute atomic E-state index is 0.277. The predicted molar refractivity (Wildman–Crippen MR) is 93.6 cm³/mol. The van der Waals surface area contributed by atoms with Crippen molar-refractivity contribution >= 4 is 23.2 Å². The molecule has 0 aliphatic carbocycles. The van der Waals surface area contributed by atoms with E-state index in [0.717, 1.165) is 12.3 Å². The van der Waals surface area contributed by atoms with Gasteiger partial charge in [-0.2, -0.15) is 13.2 Å². The van der Waals surface area contributed by atoms with E-state index in [9.17, 15) is 22.4 Å². The number of nitrogens with zero attached hydrogens (tertiary/aromatic N) is 5. The Hall–Kier alpha value is -3.24. The Kier molecular flexibility index (Phi) is 5.43. The smallest absolute Gasteiger partial charge is 0.350 e. The van der Waals surface area contributed by atoms with Crippen LogP contribution in [0.3, 0.4) is 0 Å². The van der Waals surface area contributed by atoms with Gasteiger partial charge in [-0.25, -0.2) is 19.3 Å². The average molecular weight is 396 g/mol. The van der Waals surface area contributed by atoms with Crippen LogP contribution < -0.4 is 10.2 Å². The molecule has 1 N–H and O–H groups in total. The molecule has 0 bridgehead atoms. The fourth-order valence-electron chi connectivity index (χ4n) is 2.72. The van der Waals surface area contributed by atoms with Crippen LogP contribution in [0, 0.1) is 0 Å². The van der Waals surface area contributed by atoms with Crippen LogP contribution in [0.25, 0.3) is 0 Å². The SMILES string of the molecule is C=C(F)C(=O)N1CCN(c2nccnc2Nc2ccc(C(F)(F)F)nc2)CC1. The van der Waals surface area contributed by atoms with E-state index >= 15 is 0 Å². The molecule has 0 aromatic carbocycles. The third-order valence-electron chi connectivity index (χ3n) is 4.09. The summed E-state index contributed by atoms with van der Waals surface area (Å²) >= 11 is 0. The molecule has 2 aromatic rings. The number of anilines is 3. The first-order valence-corrected chi connectivity index (χ1v) is 8.25. The lowest BCUT2D eigenvalue weighted by molar-refractivity contribution is -0.141. The van der Waals surface area contributed by atoms with Crippen LogP contribution in [0.5, 0.6) is 0 Å². The van der Waals surface area contributed by atoms with Crippen molar-refractivity contribution in [3.05, 3.63) is 48.8 Å². The molecule has 1 fully saturated rings. The fraction of sp³-hybridized carbons (Fsp3) is 0.294. The van der Waals surface area contributed by atoms with Crippen LogP contribution in [0.2, 0.25) is 0 Å². The molecule has 0 atom stereocenters. The van der Waals surface area contributed by atoms with Gasteiger partial charge in [0.1, 0.15) is 5.69 Å². The average Bonchev–Trinajstić information content (AvgIpc) is 2.68. The quantitative estimate of drug-likeness (QED) is 0.633. The molecule has 3 heterocycles. The highest BCUT2D eigenvalue weighted by atomic mass is 19.4. The van der Waals surface area contributed by atoms with Gasteiger partial charge >= 0.3 is 6.18 Å². The van der Waals surface area contributed by atoms with E-state index in [1.807, 2.05) is 4.90 Å². The van der Waals surface area contributed by atoms with Gasteiger partial charge in [0.05, 0.1) is 11.9 Å². The van der Waals surface area contributed by atoms with Gasteiger partial charge in [0.15, 0.2) is 17.5 Å². The number of hydrogen-bond acceptors (Lipinski definition) is 6. The molecule has 148 valence electrons. The van der Waals surface area contributed by atoms with Crippen molar-refractivity contribution < 1.29 is 22.4 Å². The Morgan fingerprint density at radius 2 is 1.75 bits per heavy atom. The Morgan fingerprint density at radius 1 is 1.07 bits per heavy atom. The molecule has 11 heteroatoms. The van der Waals surface area contributed by atoms with E-state index in [4.69, 9.17) is 0 Å². The molecule has 2 aromatic heterocycles. The number of carbonyl (C=O) groups excluding carboxylic acids is 1. The molecule has 0 saturated carbocycles. The maximum atomic E-state index is 13.0. The third kappa shape index (κ3) is 4.35. The summed E-state index contributed by atoms with van der Waals surface area (Å²) in [5, 5.41) is 2.90. The van der Waals surface area contributed by atoms with Crippen LogP contribution >= 0.6 is 0 Å². The van der Waals surface area contributed by atoms with Crippen molar-refractivity contribution in [3.8, 4) is 0 Å². The number of carbonyl (C=O) groups is 1. The maximum Gasteiger partial charge on any atom is 0.433 e. The Balaban J connectivity index is 1.72. The Labute approximate surface area is 157 Å². The number of pyridine rings is 1. The van der Waals surface area contributed by atoms with Gasteiger partial charge in [-0.05, 0) is 12.1 Å². The molecule has 3 rings (SSSR count). The molecule has 1 saturated heterocycles. The van der Waals surface area contributed by atoms with Crippen molar-refractivity contribution in [2.24, 2.45) is 0 Å². The van der Waals surface area contributed by atoms with Crippen LogP contribution in [0.15, 0.2) is 43.1 Å². The molecular weight excluding hydrogens is 380 g/mol. The summed E-state index contributed by atoms with van der Waals surface area (Å²) in [6.07, 6.45) is -0.536. The van der Waals surface area contributed by atoms with Crippen LogP contribution in [-0.4, -0.2) is 51.9 Å². The zero-order valence-electron chi connectivity index (χ0n) is 14.6. The molecule has 1 aliphatic heterocycles. The third-order valence-corrected chi connectivity index (χ3v) is 4.09. The number of nitrogens with one attached hydrogen (secondary N) is 1. The normalized spacial score (nSPS) is 14.7. The van der Waals surface area contributed by atoms with E-state index < -0.39 is 23.6 Å². The lowest BCUT2D eigenvalue weighted by Gasteiger charge is -2.35.